The van der Waals surface area contributed by atoms with E-state index in [9.17, 15) is 18.0 Å². The van der Waals surface area contributed by atoms with Crippen molar-refractivity contribution >= 4 is 79.1 Å². The summed E-state index contributed by atoms with van der Waals surface area (Å²) in [5, 5.41) is 14.7. The van der Waals surface area contributed by atoms with Gasteiger partial charge in [0.25, 0.3) is 15.9 Å². The van der Waals surface area contributed by atoms with Gasteiger partial charge >= 0.3 is 5.97 Å². The van der Waals surface area contributed by atoms with Crippen LogP contribution in [-0.4, -0.2) is 38.2 Å². The topological polar surface area (TPSA) is 134 Å². The first-order valence-corrected chi connectivity index (χ1v) is 13.5. The van der Waals surface area contributed by atoms with Crippen LogP contribution in [0, 0.1) is 0 Å². The summed E-state index contributed by atoms with van der Waals surface area (Å²) in [5.41, 5.74) is 2.70. The predicted molar refractivity (Wildman–Crippen MR) is 144 cm³/mol. The zero-order valence-corrected chi connectivity index (χ0v) is 21.8. The zero-order chi connectivity index (χ0) is 26.6. The maximum atomic E-state index is 13.0. The lowest BCUT2D eigenvalue weighted by Gasteiger charge is -2.12. The molecule has 3 aromatic carbocycles. The van der Waals surface area contributed by atoms with Crippen molar-refractivity contribution in [2.45, 2.75) is 4.21 Å². The second-order valence-corrected chi connectivity index (χ2v) is 11.5. The Morgan fingerprint density at radius 2 is 1.84 bits per heavy atom. The normalized spacial score (nSPS) is 11.5. The monoisotopic (exact) mass is 577 g/mol. The smallest absolute Gasteiger partial charge is 0.341 e. The van der Waals surface area contributed by atoms with Gasteiger partial charge in [0.15, 0.2) is 6.61 Å². The summed E-state index contributed by atoms with van der Waals surface area (Å²) >= 11 is 12.8. The number of benzene rings is 3. The van der Waals surface area contributed by atoms with Gasteiger partial charge in [0.05, 0.1) is 21.8 Å². The summed E-state index contributed by atoms with van der Waals surface area (Å²) in [7, 11) is -4.01. The molecule has 1 amide bonds. The third-order valence-corrected chi connectivity index (χ3v) is 8.25. The Balaban J connectivity index is 1.61. The number of hydrazone groups is 1. The number of carbonyl (C=O) groups is 2. The molecule has 0 saturated carbocycles. The van der Waals surface area contributed by atoms with Gasteiger partial charge in [0.1, 0.15) is 9.96 Å². The minimum Gasteiger partial charge on any atom is -0.481 e. The van der Waals surface area contributed by atoms with Gasteiger partial charge in [0.2, 0.25) is 0 Å². The fraction of sp³-hybridized carbons (Fsp3) is 0.0417. The molecule has 0 atom stereocenters. The van der Waals surface area contributed by atoms with Crippen LogP contribution in [0.15, 0.2) is 76.0 Å². The van der Waals surface area contributed by atoms with Crippen LogP contribution < -0.4 is 14.9 Å². The minimum atomic E-state index is -4.01. The van der Waals surface area contributed by atoms with Crippen LogP contribution in [0.1, 0.15) is 15.9 Å². The van der Waals surface area contributed by atoms with Crippen LogP contribution >= 0.6 is 34.5 Å². The SMILES string of the molecule is O=C(O)COc1ccc2ccccc2c1/C=N\NC(=O)c1cc(Cl)ccc1NS(=O)(=O)c1ccc(Cl)s1. The lowest BCUT2D eigenvalue weighted by molar-refractivity contribution is -0.139. The van der Waals surface area contributed by atoms with E-state index < -0.39 is 28.5 Å². The molecule has 1 heterocycles. The number of nitrogens with one attached hydrogen (secondary N) is 2. The Morgan fingerprint density at radius 1 is 1.05 bits per heavy atom. The maximum Gasteiger partial charge on any atom is 0.341 e. The number of nitrogens with zero attached hydrogens (tertiary/aromatic N) is 1. The van der Waals surface area contributed by atoms with E-state index in [-0.39, 0.29) is 26.2 Å². The van der Waals surface area contributed by atoms with Gasteiger partial charge in [0, 0.05) is 10.6 Å². The summed E-state index contributed by atoms with van der Waals surface area (Å²) in [5.74, 6) is -1.64. The number of halogens is 2. The van der Waals surface area contributed by atoms with Gasteiger partial charge in [-0.2, -0.15) is 5.10 Å². The molecule has 0 radical (unpaired) electrons. The molecule has 0 aliphatic heterocycles. The van der Waals surface area contributed by atoms with Gasteiger partial charge in [-0.3, -0.25) is 9.52 Å². The van der Waals surface area contributed by atoms with Crippen LogP contribution in [0.4, 0.5) is 5.69 Å². The highest BCUT2D eigenvalue weighted by molar-refractivity contribution is 7.94. The molecule has 0 bridgehead atoms. The third-order valence-electron chi connectivity index (χ3n) is 4.93. The molecule has 1 aromatic heterocycles. The van der Waals surface area contributed by atoms with Gasteiger partial charge < -0.3 is 9.84 Å². The van der Waals surface area contributed by atoms with Crippen LogP contribution in [0.25, 0.3) is 10.8 Å². The number of sulfonamides is 1. The molecule has 0 unspecified atom stereocenters. The number of amides is 1. The number of ether oxygens (including phenoxy) is 1. The van der Waals surface area contributed by atoms with Crippen molar-refractivity contribution in [3.63, 3.8) is 0 Å². The molecule has 0 aliphatic carbocycles. The van der Waals surface area contributed by atoms with E-state index in [2.05, 4.69) is 15.2 Å². The lowest BCUT2D eigenvalue weighted by Crippen LogP contribution is -2.21. The lowest BCUT2D eigenvalue weighted by atomic mass is 10.0. The average Bonchev–Trinajstić information content (AvgIpc) is 3.31. The molecule has 9 nitrogen and oxygen atoms in total. The Hall–Kier alpha value is -3.64. The van der Waals surface area contributed by atoms with Gasteiger partial charge in [-0.1, -0.05) is 53.5 Å². The van der Waals surface area contributed by atoms with Gasteiger partial charge in [-0.05, 0) is 47.2 Å². The number of thiophene rings is 1. The standard InChI is InChI=1S/C24H17Cl2N3O6S2/c25-15-6-7-19(29-37(33,34)23-10-9-21(26)36-23)17(11-15)24(32)28-27-12-18-16-4-2-1-3-14(16)5-8-20(18)35-13-22(30)31/h1-12,29H,13H2,(H,28,32)(H,30,31)/b27-12-. The molecule has 3 N–H and O–H groups in total. The number of fused-ring (bicyclic) bond motifs is 1. The Kier molecular flexibility index (Phi) is 7.98. The second kappa shape index (κ2) is 11.2. The maximum absolute atomic E-state index is 13.0. The third kappa shape index (κ3) is 6.38. The molecule has 190 valence electrons. The molecule has 4 rings (SSSR count). The van der Waals surface area contributed by atoms with Crippen LogP contribution in [-0.2, 0) is 14.8 Å². The number of anilines is 1. The van der Waals surface area contributed by atoms with Crippen molar-refractivity contribution in [2.75, 3.05) is 11.3 Å². The molecule has 4 aromatic rings. The Bertz CT molecular complexity index is 1640. The number of carbonyl (C=O) groups excluding carboxylic acids is 1. The number of aliphatic carboxylic acids is 1. The summed E-state index contributed by atoms with van der Waals surface area (Å²) in [6, 6.07) is 17.6. The molecule has 0 fully saturated rings. The van der Waals surface area contributed by atoms with Crippen LogP contribution in [0.2, 0.25) is 9.36 Å². The quantitative estimate of drug-likeness (QED) is 0.184. The highest BCUT2D eigenvalue weighted by Crippen LogP contribution is 2.30. The van der Waals surface area contributed by atoms with E-state index in [1.165, 1.54) is 36.5 Å². The largest absolute Gasteiger partial charge is 0.481 e. The van der Waals surface area contributed by atoms with Crippen molar-refractivity contribution in [3.05, 3.63) is 87.2 Å². The average molecular weight is 578 g/mol. The number of hydrogen-bond acceptors (Lipinski definition) is 7. The fourth-order valence-corrected chi connectivity index (χ4v) is 6.05. The summed E-state index contributed by atoms with van der Waals surface area (Å²) in [6.45, 7) is -0.562. The molecule has 37 heavy (non-hydrogen) atoms. The summed E-state index contributed by atoms with van der Waals surface area (Å²) in [6.07, 6.45) is 1.32. The van der Waals surface area contributed by atoms with Crippen LogP contribution in [0.3, 0.4) is 0 Å². The minimum absolute atomic E-state index is 0.0164. The van der Waals surface area contributed by atoms with Gasteiger partial charge in [-0.15, -0.1) is 11.3 Å². The number of rotatable bonds is 9. The first kappa shape index (κ1) is 26.4. The van der Waals surface area contributed by atoms with E-state index in [1.54, 1.807) is 24.3 Å². The molecule has 0 spiro atoms. The van der Waals surface area contributed by atoms with E-state index in [0.717, 1.165) is 16.7 Å². The van der Waals surface area contributed by atoms with E-state index in [4.69, 9.17) is 33.0 Å². The number of hydrogen-bond donors (Lipinski definition) is 3. The predicted octanol–water partition coefficient (Wildman–Crippen LogP) is 5.24. The zero-order valence-electron chi connectivity index (χ0n) is 18.6. The number of carboxylic acid groups (broad SMARTS) is 1. The summed E-state index contributed by atoms with van der Waals surface area (Å²) in [4.78, 5) is 23.9. The van der Waals surface area contributed by atoms with Crippen molar-refractivity contribution < 1.29 is 27.9 Å². The Morgan fingerprint density at radius 3 is 2.57 bits per heavy atom. The van der Waals surface area contributed by atoms with Crippen molar-refractivity contribution in [1.82, 2.24) is 5.43 Å². The number of carboxylic acids is 1. The molecule has 13 heteroatoms. The summed E-state index contributed by atoms with van der Waals surface area (Å²) < 4.78 is 33.5. The molecule has 0 aliphatic rings. The van der Waals surface area contributed by atoms with E-state index >= 15 is 0 Å². The van der Waals surface area contributed by atoms with Crippen molar-refractivity contribution in [2.24, 2.45) is 5.10 Å². The first-order chi connectivity index (χ1) is 17.6. The van der Waals surface area contributed by atoms with Gasteiger partial charge in [-0.25, -0.2) is 18.6 Å². The first-order valence-electron chi connectivity index (χ1n) is 10.4. The van der Waals surface area contributed by atoms with E-state index in [1.807, 2.05) is 12.1 Å². The van der Waals surface area contributed by atoms with Crippen molar-refractivity contribution in [3.8, 4) is 5.75 Å². The molecule has 0 saturated heterocycles. The molecular formula is C24H17Cl2N3O6S2. The fourth-order valence-electron chi connectivity index (χ4n) is 3.32. The van der Waals surface area contributed by atoms with Crippen molar-refractivity contribution in [1.29, 1.82) is 0 Å². The molecular weight excluding hydrogens is 561 g/mol. The van der Waals surface area contributed by atoms with Crippen LogP contribution in [0.5, 0.6) is 5.75 Å². The second-order valence-electron chi connectivity index (χ2n) is 7.43. The Labute approximate surface area is 225 Å². The highest BCUT2D eigenvalue weighted by atomic mass is 35.5. The highest BCUT2D eigenvalue weighted by Gasteiger charge is 2.21. The van der Waals surface area contributed by atoms with E-state index in [0.29, 0.717) is 15.3 Å².